The second-order valence-electron chi connectivity index (χ2n) is 6.59. The summed E-state index contributed by atoms with van der Waals surface area (Å²) in [7, 11) is 1.47. The number of rotatable bonds is 5. The third-order valence-corrected chi connectivity index (χ3v) is 4.99. The molecule has 0 fully saturated rings. The number of halogens is 1. The predicted molar refractivity (Wildman–Crippen MR) is 116 cm³/mol. The molecule has 0 saturated carbocycles. The summed E-state index contributed by atoms with van der Waals surface area (Å²) in [4.78, 5) is 12.8. The number of phenolic OH excluding ortho intramolecular Hbond substituents is 1. The highest BCUT2D eigenvalue weighted by Gasteiger charge is 2.18. The third-order valence-electron chi connectivity index (χ3n) is 4.69. The fourth-order valence-electron chi connectivity index (χ4n) is 3.20. The number of carbonyl (C=O) groups excluding carboxylic acids is 1. The first-order valence-corrected chi connectivity index (χ1v) is 9.45. The van der Waals surface area contributed by atoms with Crippen molar-refractivity contribution in [3.05, 3.63) is 89.0 Å². The second-order valence-corrected chi connectivity index (χ2v) is 7.00. The number of hydrogen-bond acceptors (Lipinski definition) is 5. The molecule has 0 bridgehead atoms. The van der Waals surface area contributed by atoms with E-state index >= 15 is 0 Å². The van der Waals surface area contributed by atoms with Crippen molar-refractivity contribution >= 4 is 34.1 Å². The molecule has 0 aliphatic heterocycles. The number of carbonyl (C=O) groups is 1. The lowest BCUT2D eigenvalue weighted by Gasteiger charge is -2.07. The number of aromatic hydroxyl groups is 1. The quantitative estimate of drug-likeness (QED) is 0.226. The fraction of sp³-hybridized carbons (Fsp3) is 0.0417. The molecule has 0 saturated heterocycles. The molecule has 1 heterocycles. The summed E-state index contributed by atoms with van der Waals surface area (Å²) in [5.41, 5.74) is 2.04. The van der Waals surface area contributed by atoms with Crippen LogP contribution in [0.15, 0.2) is 77.2 Å². The van der Waals surface area contributed by atoms with Gasteiger partial charge in [-0.25, -0.2) is 0 Å². The summed E-state index contributed by atoms with van der Waals surface area (Å²) in [6.45, 7) is 0. The van der Waals surface area contributed by atoms with Gasteiger partial charge in [-0.15, -0.1) is 0 Å². The molecular formula is C24H17ClO5. The summed E-state index contributed by atoms with van der Waals surface area (Å²) >= 11 is 6.00. The number of phenols is 1. The standard InChI is InChI=1S/C24H17ClO5/c1-29-24-16(21(28)13-20(27)14-5-3-2-4-6-14)8-10-22-17(24)12-23(30-22)15-7-9-19(26)18(25)11-15/h2-13,26-27H,1H3/b20-13-. The highest BCUT2D eigenvalue weighted by Crippen LogP contribution is 2.38. The Bertz CT molecular complexity index is 1270. The van der Waals surface area contributed by atoms with Crippen LogP contribution in [0.3, 0.4) is 0 Å². The summed E-state index contributed by atoms with van der Waals surface area (Å²) < 4.78 is 11.4. The van der Waals surface area contributed by atoms with E-state index in [1.807, 2.05) is 6.07 Å². The first-order chi connectivity index (χ1) is 14.5. The van der Waals surface area contributed by atoms with Crippen LogP contribution in [0, 0.1) is 0 Å². The zero-order valence-corrected chi connectivity index (χ0v) is 16.7. The Labute approximate surface area is 177 Å². The minimum absolute atomic E-state index is 0.0213. The van der Waals surface area contributed by atoms with E-state index < -0.39 is 5.78 Å². The second kappa shape index (κ2) is 7.97. The molecule has 0 aliphatic rings. The number of hydrogen-bond donors (Lipinski definition) is 2. The van der Waals surface area contributed by atoms with Crippen LogP contribution in [0.25, 0.3) is 28.1 Å². The maximum absolute atomic E-state index is 12.8. The Hall–Kier alpha value is -3.70. The number of methoxy groups -OCH3 is 1. The van der Waals surface area contributed by atoms with Gasteiger partial charge in [0.05, 0.1) is 23.1 Å². The van der Waals surface area contributed by atoms with E-state index in [4.69, 9.17) is 20.8 Å². The number of ketones is 1. The minimum atomic E-state index is -0.398. The number of allylic oxidation sites excluding steroid dienone is 1. The summed E-state index contributed by atoms with van der Waals surface area (Å²) in [6, 6.07) is 18.6. The van der Waals surface area contributed by atoms with Gasteiger partial charge in [-0.2, -0.15) is 0 Å². The maximum Gasteiger partial charge on any atom is 0.193 e. The highest BCUT2D eigenvalue weighted by atomic mass is 35.5. The van der Waals surface area contributed by atoms with Gasteiger partial charge in [-0.3, -0.25) is 4.79 Å². The highest BCUT2D eigenvalue weighted by molar-refractivity contribution is 6.32. The molecular weight excluding hydrogens is 404 g/mol. The van der Waals surface area contributed by atoms with E-state index in [-0.39, 0.29) is 16.5 Å². The molecule has 6 heteroatoms. The van der Waals surface area contributed by atoms with Crippen LogP contribution >= 0.6 is 11.6 Å². The smallest absolute Gasteiger partial charge is 0.193 e. The Kier molecular flexibility index (Phi) is 5.21. The molecule has 0 spiro atoms. The van der Waals surface area contributed by atoms with Gasteiger partial charge in [0.2, 0.25) is 0 Å². The summed E-state index contributed by atoms with van der Waals surface area (Å²) in [5, 5.41) is 20.7. The van der Waals surface area contributed by atoms with Gasteiger partial charge >= 0.3 is 0 Å². The van der Waals surface area contributed by atoms with Crippen molar-refractivity contribution in [3.8, 4) is 22.8 Å². The molecule has 3 aromatic carbocycles. The van der Waals surface area contributed by atoms with Crippen molar-refractivity contribution in [1.82, 2.24) is 0 Å². The largest absolute Gasteiger partial charge is 0.507 e. The Balaban J connectivity index is 1.76. The van der Waals surface area contributed by atoms with Gasteiger partial charge in [0.25, 0.3) is 0 Å². The first-order valence-electron chi connectivity index (χ1n) is 9.08. The normalized spacial score (nSPS) is 11.6. The predicted octanol–water partition coefficient (Wildman–Crippen LogP) is 6.25. The molecule has 0 aliphatic carbocycles. The zero-order chi connectivity index (χ0) is 21.3. The van der Waals surface area contributed by atoms with E-state index in [1.54, 1.807) is 54.6 Å². The number of furan rings is 1. The first kappa shape index (κ1) is 19.6. The minimum Gasteiger partial charge on any atom is -0.507 e. The number of aliphatic hydroxyl groups excluding tert-OH is 1. The molecule has 30 heavy (non-hydrogen) atoms. The molecule has 1 aromatic heterocycles. The van der Waals surface area contributed by atoms with Crippen molar-refractivity contribution in [2.45, 2.75) is 0 Å². The van der Waals surface area contributed by atoms with Gasteiger partial charge in [0.15, 0.2) is 5.78 Å². The molecule has 150 valence electrons. The van der Waals surface area contributed by atoms with E-state index in [0.717, 1.165) is 0 Å². The van der Waals surface area contributed by atoms with Crippen LogP contribution in [-0.4, -0.2) is 23.1 Å². The van der Waals surface area contributed by atoms with Crippen LogP contribution in [0.2, 0.25) is 5.02 Å². The average Bonchev–Trinajstić information content (AvgIpc) is 3.19. The molecule has 0 amide bonds. The Morgan fingerprint density at radius 3 is 2.53 bits per heavy atom. The number of ether oxygens (including phenoxy) is 1. The van der Waals surface area contributed by atoms with Crippen molar-refractivity contribution in [2.75, 3.05) is 7.11 Å². The van der Waals surface area contributed by atoms with Gasteiger partial charge in [-0.1, -0.05) is 41.9 Å². The molecule has 0 unspecified atom stereocenters. The van der Waals surface area contributed by atoms with Crippen LogP contribution < -0.4 is 4.74 Å². The lowest BCUT2D eigenvalue weighted by Crippen LogP contribution is -2.00. The maximum atomic E-state index is 12.8. The molecule has 0 radical (unpaired) electrons. The Morgan fingerprint density at radius 2 is 1.83 bits per heavy atom. The van der Waals surface area contributed by atoms with Crippen molar-refractivity contribution in [3.63, 3.8) is 0 Å². The van der Waals surface area contributed by atoms with E-state index in [9.17, 15) is 15.0 Å². The lowest BCUT2D eigenvalue weighted by molar-refractivity contribution is 0.104. The van der Waals surface area contributed by atoms with Gasteiger partial charge < -0.3 is 19.4 Å². The topological polar surface area (TPSA) is 79.9 Å². The van der Waals surface area contributed by atoms with E-state index in [1.165, 1.54) is 19.3 Å². The van der Waals surface area contributed by atoms with Crippen molar-refractivity contribution in [1.29, 1.82) is 0 Å². The van der Waals surface area contributed by atoms with Crippen LogP contribution in [0.5, 0.6) is 11.5 Å². The SMILES string of the molecule is COc1c(C(=O)/C=C(\O)c2ccccc2)ccc2oc(-c3ccc(O)c(Cl)c3)cc12. The molecule has 0 atom stereocenters. The van der Waals surface area contributed by atoms with Gasteiger partial charge in [0.1, 0.15) is 28.6 Å². The zero-order valence-electron chi connectivity index (χ0n) is 15.9. The molecule has 5 nitrogen and oxygen atoms in total. The summed E-state index contributed by atoms with van der Waals surface area (Å²) in [6.07, 6.45) is 1.17. The number of benzene rings is 3. The van der Waals surface area contributed by atoms with Crippen LogP contribution in [-0.2, 0) is 0 Å². The van der Waals surface area contributed by atoms with Gasteiger partial charge in [0, 0.05) is 17.2 Å². The summed E-state index contributed by atoms with van der Waals surface area (Å²) in [5.74, 6) is 0.305. The van der Waals surface area contributed by atoms with Crippen LogP contribution in [0.1, 0.15) is 15.9 Å². The average molecular weight is 421 g/mol. The lowest BCUT2D eigenvalue weighted by atomic mass is 10.0. The number of fused-ring (bicyclic) bond motifs is 1. The van der Waals surface area contributed by atoms with E-state index in [0.29, 0.717) is 39.2 Å². The monoisotopic (exact) mass is 420 g/mol. The van der Waals surface area contributed by atoms with Crippen molar-refractivity contribution in [2.24, 2.45) is 0 Å². The molecule has 4 aromatic rings. The van der Waals surface area contributed by atoms with E-state index in [2.05, 4.69) is 0 Å². The van der Waals surface area contributed by atoms with Crippen LogP contribution in [0.4, 0.5) is 0 Å². The van der Waals surface area contributed by atoms with Crippen molar-refractivity contribution < 1.29 is 24.2 Å². The molecule has 2 N–H and O–H groups in total. The molecule has 4 rings (SSSR count). The fourth-order valence-corrected chi connectivity index (χ4v) is 3.38. The third kappa shape index (κ3) is 3.63. The van der Waals surface area contributed by atoms with Gasteiger partial charge in [-0.05, 0) is 36.4 Å². The Morgan fingerprint density at radius 1 is 1.07 bits per heavy atom. The number of aliphatic hydroxyl groups is 1.